The van der Waals surface area contributed by atoms with Gasteiger partial charge in [-0.05, 0) is 68.7 Å². The predicted octanol–water partition coefficient (Wildman–Crippen LogP) is 5.28. The molecule has 7 rings (SSSR count). The molecule has 0 saturated heterocycles. The van der Waals surface area contributed by atoms with E-state index in [-0.39, 0.29) is 17.7 Å². The van der Waals surface area contributed by atoms with Gasteiger partial charge in [0.2, 0.25) is 0 Å². The quantitative estimate of drug-likeness (QED) is 0.169. The molecule has 2 amide bonds. The van der Waals surface area contributed by atoms with Gasteiger partial charge in [0.15, 0.2) is 11.6 Å². The second kappa shape index (κ2) is 15.7. The maximum atomic E-state index is 13.7. The van der Waals surface area contributed by atoms with Crippen LogP contribution in [0, 0.1) is 18.8 Å². The van der Waals surface area contributed by atoms with Gasteiger partial charge in [0.05, 0.1) is 34.1 Å². The average molecular weight is 757 g/mol. The summed E-state index contributed by atoms with van der Waals surface area (Å²) in [4.78, 5) is 52.6. The third-order valence-corrected chi connectivity index (χ3v) is 11.8. The molecule has 54 heavy (non-hydrogen) atoms. The number of benzene rings is 2. The number of rotatable bonds is 10. The number of imidazole rings is 2. The number of aliphatic carboxylic acids is 1. The normalized spacial score (nSPS) is 19.5. The Balaban J connectivity index is 1.03. The molecule has 14 heteroatoms. The van der Waals surface area contributed by atoms with Gasteiger partial charge in [-0.15, -0.1) is 0 Å². The van der Waals surface area contributed by atoms with E-state index in [0.717, 1.165) is 92.1 Å². The maximum absolute atomic E-state index is 13.7. The van der Waals surface area contributed by atoms with Crippen molar-refractivity contribution in [3.05, 3.63) is 81.4 Å². The van der Waals surface area contributed by atoms with Crippen molar-refractivity contribution in [1.82, 2.24) is 28.9 Å². The SMILES string of the molecule is Cc1c(NC(=O)c2nc3c(n2C)CCN(CC(C)O)C3)cccc1-c1cccc(NC(=O)c2nc3c(n2C)CCN(C[C@H]2CC[C@@H](C(=O)O)CC2)C3)c1Cl. The van der Waals surface area contributed by atoms with Crippen LogP contribution in [0.3, 0.4) is 0 Å². The van der Waals surface area contributed by atoms with Gasteiger partial charge >= 0.3 is 5.97 Å². The van der Waals surface area contributed by atoms with Gasteiger partial charge in [-0.2, -0.15) is 0 Å². The number of carboxylic acid groups (broad SMARTS) is 1. The van der Waals surface area contributed by atoms with Gasteiger partial charge < -0.3 is 30.0 Å². The van der Waals surface area contributed by atoms with Gasteiger partial charge in [-0.1, -0.05) is 35.9 Å². The largest absolute Gasteiger partial charge is 0.481 e. The summed E-state index contributed by atoms with van der Waals surface area (Å²) in [5, 5.41) is 25.6. The molecule has 3 aliphatic rings. The Morgan fingerprint density at radius 2 is 1.37 bits per heavy atom. The molecule has 0 spiro atoms. The molecule has 1 fully saturated rings. The van der Waals surface area contributed by atoms with Crippen molar-refractivity contribution >= 4 is 40.8 Å². The van der Waals surface area contributed by atoms with Crippen LogP contribution in [0.4, 0.5) is 11.4 Å². The molecule has 4 heterocycles. The topological polar surface area (TPSA) is 158 Å². The number of halogens is 1. The van der Waals surface area contributed by atoms with E-state index < -0.39 is 12.1 Å². The molecule has 1 atom stereocenters. The smallest absolute Gasteiger partial charge is 0.306 e. The molecule has 0 bridgehead atoms. The number of fused-ring (bicyclic) bond motifs is 2. The highest BCUT2D eigenvalue weighted by Gasteiger charge is 2.31. The highest BCUT2D eigenvalue weighted by atomic mass is 35.5. The minimum absolute atomic E-state index is 0.221. The minimum atomic E-state index is -0.684. The van der Waals surface area contributed by atoms with E-state index in [2.05, 4.69) is 20.4 Å². The summed E-state index contributed by atoms with van der Waals surface area (Å²) in [6.07, 6.45) is 4.41. The van der Waals surface area contributed by atoms with Crippen molar-refractivity contribution < 1.29 is 24.6 Å². The van der Waals surface area contributed by atoms with Crippen LogP contribution < -0.4 is 10.6 Å². The molecule has 13 nitrogen and oxygen atoms in total. The zero-order chi connectivity index (χ0) is 38.3. The molecule has 2 aromatic carbocycles. The Kier molecular flexibility index (Phi) is 10.9. The molecule has 286 valence electrons. The predicted molar refractivity (Wildman–Crippen MR) is 207 cm³/mol. The second-order valence-electron chi connectivity index (χ2n) is 15.2. The van der Waals surface area contributed by atoms with Crippen molar-refractivity contribution in [2.45, 2.75) is 71.6 Å². The van der Waals surface area contributed by atoms with Crippen molar-refractivity contribution in [2.24, 2.45) is 25.9 Å². The first-order valence-electron chi connectivity index (χ1n) is 18.8. The first-order chi connectivity index (χ1) is 25.9. The molecular weight excluding hydrogens is 708 g/mol. The number of nitrogens with zero attached hydrogens (tertiary/aromatic N) is 6. The molecule has 2 aliphatic heterocycles. The Morgan fingerprint density at radius 3 is 1.96 bits per heavy atom. The third kappa shape index (κ3) is 7.68. The number of aliphatic hydroxyl groups is 1. The van der Waals surface area contributed by atoms with E-state index in [4.69, 9.17) is 21.6 Å². The number of nitrogens with one attached hydrogen (secondary N) is 2. The van der Waals surface area contributed by atoms with E-state index in [1.165, 1.54) is 0 Å². The molecule has 1 unspecified atom stereocenters. The maximum Gasteiger partial charge on any atom is 0.306 e. The zero-order valence-corrected chi connectivity index (χ0v) is 32.1. The van der Waals surface area contributed by atoms with Gasteiger partial charge in [0, 0.05) is 88.8 Å². The first-order valence-corrected chi connectivity index (χ1v) is 19.2. The molecular formula is C40H49ClN8O5. The number of carbonyl (C=O) groups excluding carboxylic acids is 2. The number of hydrogen-bond donors (Lipinski definition) is 4. The van der Waals surface area contributed by atoms with Crippen LogP contribution in [0.1, 0.15) is 82.2 Å². The van der Waals surface area contributed by atoms with Crippen LogP contribution in [-0.2, 0) is 44.8 Å². The number of hydrogen-bond acceptors (Lipinski definition) is 8. The molecule has 1 aliphatic carbocycles. The fraction of sp³-hybridized carbons (Fsp3) is 0.475. The van der Waals surface area contributed by atoms with Crippen molar-refractivity contribution in [3.8, 4) is 11.1 Å². The monoisotopic (exact) mass is 756 g/mol. The lowest BCUT2D eigenvalue weighted by molar-refractivity contribution is -0.143. The molecule has 1 saturated carbocycles. The lowest BCUT2D eigenvalue weighted by Gasteiger charge is -2.33. The molecule has 0 radical (unpaired) electrons. The number of β-amino-alcohol motifs (C(OH)–C–C–N with tert-alkyl or cyclic N) is 1. The Hall–Kier alpha value is -4.56. The van der Waals surface area contributed by atoms with E-state index in [1.807, 2.05) is 60.5 Å². The number of aliphatic hydroxyl groups excluding tert-OH is 1. The summed E-state index contributed by atoms with van der Waals surface area (Å²) >= 11 is 7.00. The van der Waals surface area contributed by atoms with E-state index in [0.29, 0.717) is 59.2 Å². The van der Waals surface area contributed by atoms with E-state index in [1.54, 1.807) is 13.0 Å². The van der Waals surface area contributed by atoms with Crippen LogP contribution in [0.25, 0.3) is 11.1 Å². The Labute approximate surface area is 320 Å². The fourth-order valence-corrected chi connectivity index (χ4v) is 8.74. The lowest BCUT2D eigenvalue weighted by Crippen LogP contribution is -2.36. The average Bonchev–Trinajstić information content (AvgIpc) is 3.65. The van der Waals surface area contributed by atoms with Gasteiger partial charge in [0.1, 0.15) is 0 Å². The minimum Gasteiger partial charge on any atom is -0.481 e. The summed E-state index contributed by atoms with van der Waals surface area (Å²) < 4.78 is 3.73. The number of carboxylic acids is 1. The van der Waals surface area contributed by atoms with Crippen molar-refractivity contribution in [2.75, 3.05) is 36.8 Å². The standard InChI is InChI=1S/C40H49ClN8O5/c1-23(50)19-48-17-15-33-31(21-48)42-36(46(33)3)38(51)44-29-9-5-7-27(24(29)2)28-8-6-10-30(35(28)41)45-39(52)37-43-32-22-49(18-16-34(32)47(37)4)20-25-11-13-26(14-12-25)40(53)54/h5-10,23,25-26,50H,11-22H2,1-4H3,(H,44,51)(H,45,52)(H,53,54)/t23?,25-,26+. The van der Waals surface area contributed by atoms with Crippen LogP contribution in [0.15, 0.2) is 36.4 Å². The van der Waals surface area contributed by atoms with E-state index in [9.17, 15) is 24.6 Å². The number of aromatic nitrogens is 4. The first kappa shape index (κ1) is 37.7. The number of carbonyl (C=O) groups is 3. The fourth-order valence-electron chi connectivity index (χ4n) is 8.47. The van der Waals surface area contributed by atoms with Crippen molar-refractivity contribution in [1.29, 1.82) is 0 Å². The van der Waals surface area contributed by atoms with Crippen LogP contribution in [0.5, 0.6) is 0 Å². The molecule has 2 aromatic heterocycles. The van der Waals surface area contributed by atoms with Crippen LogP contribution in [-0.4, -0.2) is 89.2 Å². The molecule has 4 N–H and O–H groups in total. The third-order valence-electron chi connectivity index (χ3n) is 11.4. The highest BCUT2D eigenvalue weighted by molar-refractivity contribution is 6.36. The van der Waals surface area contributed by atoms with Gasteiger partial charge in [-0.3, -0.25) is 24.2 Å². The zero-order valence-electron chi connectivity index (χ0n) is 31.4. The summed E-state index contributed by atoms with van der Waals surface area (Å²) in [5.41, 5.74) is 7.24. The number of amides is 2. The van der Waals surface area contributed by atoms with Crippen molar-refractivity contribution in [3.63, 3.8) is 0 Å². The molecule has 4 aromatic rings. The highest BCUT2D eigenvalue weighted by Crippen LogP contribution is 2.38. The number of anilines is 2. The summed E-state index contributed by atoms with van der Waals surface area (Å²) in [6, 6.07) is 11.1. The Morgan fingerprint density at radius 1 is 0.833 bits per heavy atom. The summed E-state index contributed by atoms with van der Waals surface area (Å²) in [6.45, 7) is 8.06. The van der Waals surface area contributed by atoms with Crippen LogP contribution in [0.2, 0.25) is 5.02 Å². The van der Waals surface area contributed by atoms with E-state index >= 15 is 0 Å². The second-order valence-corrected chi connectivity index (χ2v) is 15.6. The summed E-state index contributed by atoms with van der Waals surface area (Å²) in [7, 11) is 3.73. The summed E-state index contributed by atoms with van der Waals surface area (Å²) in [5.74, 6) is -0.450. The lowest BCUT2D eigenvalue weighted by atomic mass is 9.81. The van der Waals surface area contributed by atoms with Crippen LogP contribution >= 0.6 is 11.6 Å². The van der Waals surface area contributed by atoms with Gasteiger partial charge in [-0.25, -0.2) is 9.97 Å². The van der Waals surface area contributed by atoms with Gasteiger partial charge in [0.25, 0.3) is 11.8 Å². The Bertz CT molecular complexity index is 2080.